The Bertz CT molecular complexity index is 782. The summed E-state index contributed by atoms with van der Waals surface area (Å²) in [4.78, 5) is 5.12. The van der Waals surface area contributed by atoms with Crippen molar-refractivity contribution in [1.82, 2.24) is 29.8 Å². The van der Waals surface area contributed by atoms with Crippen LogP contribution in [-0.4, -0.2) is 34.9 Å². The van der Waals surface area contributed by atoms with Gasteiger partial charge in [0.25, 0.3) is 0 Å². The number of halogens is 1. The van der Waals surface area contributed by atoms with Crippen LogP contribution in [-0.2, 0) is 0 Å². The van der Waals surface area contributed by atoms with Crippen LogP contribution >= 0.6 is 0 Å². The summed E-state index contributed by atoms with van der Waals surface area (Å²) in [6.07, 6.45) is 4.44. The molecule has 0 aliphatic heterocycles. The Labute approximate surface area is 125 Å². The Morgan fingerprint density at radius 3 is 2.55 bits per heavy atom. The lowest BCUT2D eigenvalue weighted by Gasteiger charge is -2.18. The lowest BCUT2D eigenvalue weighted by Crippen LogP contribution is -2.15. The van der Waals surface area contributed by atoms with Gasteiger partial charge in [-0.25, -0.2) is 14.1 Å². The van der Waals surface area contributed by atoms with Gasteiger partial charge in [-0.2, -0.15) is 20.1 Å². The van der Waals surface area contributed by atoms with Crippen LogP contribution in [0.25, 0.3) is 11.3 Å². The van der Waals surface area contributed by atoms with Crippen molar-refractivity contribution in [2.24, 2.45) is 0 Å². The predicted molar refractivity (Wildman–Crippen MR) is 76.5 cm³/mol. The highest BCUT2D eigenvalue weighted by Gasteiger charge is 2.22. The van der Waals surface area contributed by atoms with Gasteiger partial charge in [-0.15, -0.1) is 0 Å². The Kier molecular flexibility index (Phi) is 3.75. The molecular weight excluding hydrogens is 287 g/mol. The zero-order valence-corrected chi connectivity index (χ0v) is 11.7. The molecule has 1 unspecified atom stereocenters. The average molecular weight is 300 g/mol. The fraction of sp³-hybridized carbons (Fsp3) is 0.143. The number of hydrogen-bond donors (Lipinski definition) is 1. The molecule has 0 saturated heterocycles. The van der Waals surface area contributed by atoms with E-state index in [1.165, 1.54) is 40.6 Å². The Balaban J connectivity index is 2.19. The lowest BCUT2D eigenvalue weighted by molar-refractivity contribution is 0.149. The first kappa shape index (κ1) is 14.1. The zero-order chi connectivity index (χ0) is 15.5. The molecule has 0 amide bonds. The van der Waals surface area contributed by atoms with E-state index in [-0.39, 0.29) is 5.56 Å². The standard InChI is InChI=1S/C14H13FN6O/c1-10(21-17-6-7-18-21)13(11-4-2-3-5-12(11)15)14(22)20-9-16-8-19-20/h2-9,14,22H,1H3. The number of aliphatic hydroxyl groups excluding tert-OH is 1. The van der Waals surface area contributed by atoms with Crippen LogP contribution in [0.4, 0.5) is 4.39 Å². The van der Waals surface area contributed by atoms with Gasteiger partial charge in [0.2, 0.25) is 0 Å². The van der Waals surface area contributed by atoms with Crippen molar-refractivity contribution in [3.05, 3.63) is 60.7 Å². The monoisotopic (exact) mass is 300 g/mol. The third kappa shape index (κ3) is 2.51. The second kappa shape index (κ2) is 5.86. The third-order valence-corrected chi connectivity index (χ3v) is 3.22. The molecule has 2 heterocycles. The van der Waals surface area contributed by atoms with Crippen molar-refractivity contribution >= 4 is 11.3 Å². The summed E-state index contributed by atoms with van der Waals surface area (Å²) in [5.74, 6) is -0.455. The maximum absolute atomic E-state index is 14.2. The van der Waals surface area contributed by atoms with Crippen LogP contribution in [0.15, 0.2) is 49.3 Å². The number of rotatable bonds is 4. The molecule has 0 bridgehead atoms. The minimum absolute atomic E-state index is 0.250. The highest BCUT2D eigenvalue weighted by atomic mass is 19.1. The largest absolute Gasteiger partial charge is 0.368 e. The first-order valence-corrected chi connectivity index (χ1v) is 6.53. The second-order valence-electron chi connectivity index (χ2n) is 4.55. The second-order valence-corrected chi connectivity index (χ2v) is 4.55. The van der Waals surface area contributed by atoms with E-state index in [1.807, 2.05) is 0 Å². The van der Waals surface area contributed by atoms with E-state index in [0.29, 0.717) is 11.3 Å². The molecule has 7 nitrogen and oxygen atoms in total. The molecule has 1 N–H and O–H groups in total. The minimum atomic E-state index is -1.22. The predicted octanol–water partition coefficient (Wildman–Crippen LogP) is 1.59. The summed E-state index contributed by atoms with van der Waals surface area (Å²) < 4.78 is 15.4. The minimum Gasteiger partial charge on any atom is -0.368 e. The first-order chi connectivity index (χ1) is 10.7. The van der Waals surface area contributed by atoms with Crippen molar-refractivity contribution in [1.29, 1.82) is 0 Å². The van der Waals surface area contributed by atoms with Gasteiger partial charge in [0.1, 0.15) is 18.5 Å². The molecule has 22 heavy (non-hydrogen) atoms. The summed E-state index contributed by atoms with van der Waals surface area (Å²) in [6, 6.07) is 6.18. The van der Waals surface area contributed by atoms with E-state index in [1.54, 1.807) is 25.1 Å². The van der Waals surface area contributed by atoms with E-state index in [0.717, 1.165) is 0 Å². The summed E-state index contributed by atoms with van der Waals surface area (Å²) in [6.45, 7) is 1.70. The molecule has 1 aromatic carbocycles. The molecule has 0 fully saturated rings. The maximum atomic E-state index is 14.2. The molecule has 0 saturated carbocycles. The first-order valence-electron chi connectivity index (χ1n) is 6.53. The van der Waals surface area contributed by atoms with Gasteiger partial charge in [-0.3, -0.25) is 0 Å². The SMILES string of the molecule is CC(=C(c1ccccc1F)C(O)n1cncn1)n1nccn1. The van der Waals surface area contributed by atoms with Gasteiger partial charge in [0, 0.05) is 11.1 Å². The molecule has 0 spiro atoms. The number of benzene rings is 1. The summed E-state index contributed by atoms with van der Waals surface area (Å²) >= 11 is 0. The molecule has 0 aliphatic rings. The van der Waals surface area contributed by atoms with Crippen molar-refractivity contribution in [3.63, 3.8) is 0 Å². The van der Waals surface area contributed by atoms with Crippen molar-refractivity contribution < 1.29 is 9.50 Å². The van der Waals surface area contributed by atoms with Crippen LogP contribution in [0, 0.1) is 5.82 Å². The topological polar surface area (TPSA) is 81.6 Å². The Morgan fingerprint density at radius 1 is 1.18 bits per heavy atom. The lowest BCUT2D eigenvalue weighted by atomic mass is 10.0. The van der Waals surface area contributed by atoms with E-state index in [2.05, 4.69) is 20.3 Å². The summed E-state index contributed by atoms with van der Waals surface area (Å²) in [5.41, 5.74) is 1.04. The molecule has 2 aromatic heterocycles. The number of aliphatic hydroxyl groups is 1. The van der Waals surface area contributed by atoms with Crippen LogP contribution in [0.5, 0.6) is 0 Å². The van der Waals surface area contributed by atoms with Crippen molar-refractivity contribution in [3.8, 4) is 0 Å². The summed E-state index contributed by atoms with van der Waals surface area (Å²) in [5, 5.41) is 22.5. The molecule has 0 aliphatic carbocycles. The van der Waals surface area contributed by atoms with Gasteiger partial charge >= 0.3 is 0 Å². The van der Waals surface area contributed by atoms with Crippen LogP contribution < -0.4 is 0 Å². The fourth-order valence-corrected chi connectivity index (χ4v) is 2.17. The van der Waals surface area contributed by atoms with Gasteiger partial charge in [-0.05, 0) is 13.0 Å². The number of aromatic nitrogens is 6. The molecular formula is C14H13FN6O. The highest BCUT2D eigenvalue weighted by Crippen LogP contribution is 2.31. The molecule has 8 heteroatoms. The normalized spacial score (nSPS) is 13.8. The van der Waals surface area contributed by atoms with Crippen LogP contribution in [0.2, 0.25) is 0 Å². The van der Waals surface area contributed by atoms with E-state index >= 15 is 0 Å². The number of hydrogen-bond acceptors (Lipinski definition) is 5. The molecule has 0 radical (unpaired) electrons. The maximum Gasteiger partial charge on any atom is 0.177 e. The van der Waals surface area contributed by atoms with Gasteiger partial charge in [0.05, 0.1) is 18.1 Å². The summed E-state index contributed by atoms with van der Waals surface area (Å²) in [7, 11) is 0. The Morgan fingerprint density at radius 2 is 1.91 bits per heavy atom. The molecule has 1 atom stereocenters. The van der Waals surface area contributed by atoms with E-state index in [4.69, 9.17) is 0 Å². The van der Waals surface area contributed by atoms with Gasteiger partial charge in [-0.1, -0.05) is 18.2 Å². The molecule has 3 rings (SSSR count). The zero-order valence-electron chi connectivity index (χ0n) is 11.7. The van der Waals surface area contributed by atoms with Crippen LogP contribution in [0.3, 0.4) is 0 Å². The smallest absolute Gasteiger partial charge is 0.177 e. The third-order valence-electron chi connectivity index (χ3n) is 3.22. The highest BCUT2D eigenvalue weighted by molar-refractivity contribution is 5.83. The molecule has 112 valence electrons. The average Bonchev–Trinajstić information content (AvgIpc) is 3.22. The fourth-order valence-electron chi connectivity index (χ4n) is 2.17. The number of nitrogens with zero attached hydrogens (tertiary/aromatic N) is 6. The van der Waals surface area contributed by atoms with Gasteiger partial charge in [0.15, 0.2) is 6.23 Å². The van der Waals surface area contributed by atoms with E-state index in [9.17, 15) is 9.50 Å². The van der Waals surface area contributed by atoms with E-state index < -0.39 is 12.0 Å². The van der Waals surface area contributed by atoms with Crippen molar-refractivity contribution in [2.45, 2.75) is 13.2 Å². The molecule has 3 aromatic rings. The Hall–Kier alpha value is -2.87. The van der Waals surface area contributed by atoms with Crippen LogP contribution in [0.1, 0.15) is 18.7 Å². The van der Waals surface area contributed by atoms with Crippen molar-refractivity contribution in [2.75, 3.05) is 0 Å². The van der Waals surface area contributed by atoms with Gasteiger partial charge < -0.3 is 5.11 Å². The number of allylic oxidation sites excluding steroid dienone is 1. The quantitative estimate of drug-likeness (QED) is 0.791.